The molecule has 0 fully saturated rings. The van der Waals surface area contributed by atoms with Gasteiger partial charge in [0.25, 0.3) is 0 Å². The number of Topliss-reactive ketones (excluding diaryl/α,β-unsaturated/α-hetero) is 1. The highest BCUT2D eigenvalue weighted by molar-refractivity contribution is 6.08. The Morgan fingerprint density at radius 1 is 1.11 bits per heavy atom. The third-order valence-corrected chi connectivity index (χ3v) is 3.96. The van der Waals surface area contributed by atoms with E-state index in [1.807, 2.05) is 43.3 Å². The number of fused-ring (bicyclic) bond motifs is 1. The molecule has 0 N–H and O–H groups in total. The van der Waals surface area contributed by atoms with Crippen molar-refractivity contribution in [1.82, 2.24) is 0 Å². The summed E-state index contributed by atoms with van der Waals surface area (Å²) < 4.78 is 0. The van der Waals surface area contributed by atoms with Crippen LogP contribution in [-0.2, 0) is 11.8 Å². The second-order valence-corrected chi connectivity index (χ2v) is 5.18. The summed E-state index contributed by atoms with van der Waals surface area (Å²) >= 11 is 0. The lowest BCUT2D eigenvalue weighted by Crippen LogP contribution is -2.29. The van der Waals surface area contributed by atoms with Crippen LogP contribution >= 0.6 is 0 Å². The minimum absolute atomic E-state index is 0.174. The molecule has 2 nitrogen and oxygen atoms in total. The minimum Gasteiger partial charge on any atom is -0.293 e. The fourth-order valence-corrected chi connectivity index (χ4v) is 2.80. The van der Waals surface area contributed by atoms with Crippen LogP contribution in [0.1, 0.15) is 34.0 Å². The van der Waals surface area contributed by atoms with E-state index < -0.39 is 5.41 Å². The summed E-state index contributed by atoms with van der Waals surface area (Å²) in [6.45, 7) is 1.98. The zero-order valence-corrected chi connectivity index (χ0v) is 10.7. The van der Waals surface area contributed by atoms with Crippen LogP contribution < -0.4 is 0 Å². The first-order valence-electron chi connectivity index (χ1n) is 6.28. The Bertz CT molecular complexity index is 694. The third-order valence-electron chi connectivity index (χ3n) is 3.96. The van der Waals surface area contributed by atoms with Crippen molar-refractivity contribution in [2.75, 3.05) is 0 Å². The molecule has 0 radical (unpaired) electrons. The third kappa shape index (κ3) is 1.67. The van der Waals surface area contributed by atoms with E-state index in [0.717, 1.165) is 23.1 Å². The Kier molecular flexibility index (Phi) is 2.50. The molecule has 0 saturated heterocycles. The maximum atomic E-state index is 12.6. The van der Waals surface area contributed by atoms with Gasteiger partial charge in [0, 0.05) is 5.56 Å². The van der Waals surface area contributed by atoms with E-state index in [9.17, 15) is 4.79 Å². The van der Waals surface area contributed by atoms with Gasteiger partial charge in [-0.25, -0.2) is 0 Å². The van der Waals surface area contributed by atoms with Crippen molar-refractivity contribution in [3.63, 3.8) is 0 Å². The average Bonchev–Trinajstić information content (AvgIpc) is 2.72. The van der Waals surface area contributed by atoms with Gasteiger partial charge in [-0.15, -0.1) is 0 Å². The van der Waals surface area contributed by atoms with Gasteiger partial charge in [-0.05, 0) is 36.6 Å². The molecule has 92 valence electrons. The lowest BCUT2D eigenvalue weighted by molar-refractivity contribution is 0.0915. The molecule has 0 amide bonds. The molecule has 2 aromatic rings. The smallest absolute Gasteiger partial charge is 0.173 e. The minimum atomic E-state index is -0.502. The summed E-state index contributed by atoms with van der Waals surface area (Å²) in [6, 6.07) is 17.2. The van der Waals surface area contributed by atoms with Crippen molar-refractivity contribution in [3.05, 3.63) is 70.8 Å². The van der Waals surface area contributed by atoms with Gasteiger partial charge in [-0.1, -0.05) is 36.4 Å². The summed E-state index contributed by atoms with van der Waals surface area (Å²) in [5.41, 5.74) is 3.04. The van der Waals surface area contributed by atoms with Crippen LogP contribution in [0.15, 0.2) is 48.5 Å². The Balaban J connectivity index is 2.06. The highest BCUT2D eigenvalue weighted by Crippen LogP contribution is 2.39. The Labute approximate surface area is 112 Å². The topological polar surface area (TPSA) is 40.9 Å². The van der Waals surface area contributed by atoms with Gasteiger partial charge in [0.2, 0.25) is 0 Å². The molecule has 0 saturated carbocycles. The van der Waals surface area contributed by atoms with Gasteiger partial charge in [-0.2, -0.15) is 5.26 Å². The summed E-state index contributed by atoms with van der Waals surface area (Å²) in [5.74, 6) is 0.174. The van der Waals surface area contributed by atoms with Gasteiger partial charge in [-0.3, -0.25) is 4.79 Å². The predicted octanol–water partition coefficient (Wildman–Crippen LogP) is 3.25. The van der Waals surface area contributed by atoms with E-state index in [1.165, 1.54) is 0 Å². The number of rotatable bonds is 1. The van der Waals surface area contributed by atoms with Gasteiger partial charge in [0.15, 0.2) is 5.78 Å². The van der Waals surface area contributed by atoms with E-state index in [2.05, 4.69) is 6.07 Å². The normalized spacial score (nSPS) is 20.9. The zero-order chi connectivity index (χ0) is 13.5. The van der Waals surface area contributed by atoms with Crippen molar-refractivity contribution in [1.29, 1.82) is 5.26 Å². The molecule has 0 heterocycles. The number of nitrogens with zero attached hydrogens (tertiary/aromatic N) is 1. The van der Waals surface area contributed by atoms with Crippen LogP contribution in [0.25, 0.3) is 0 Å². The Morgan fingerprint density at radius 2 is 1.79 bits per heavy atom. The molecule has 0 aromatic heterocycles. The molecule has 0 unspecified atom stereocenters. The number of hydrogen-bond acceptors (Lipinski definition) is 2. The number of ketones is 1. The number of carbonyl (C=O) groups excluding carboxylic acids is 1. The van der Waals surface area contributed by atoms with E-state index in [-0.39, 0.29) is 5.78 Å². The number of carbonyl (C=O) groups is 1. The van der Waals surface area contributed by atoms with Crippen molar-refractivity contribution in [3.8, 4) is 6.07 Å². The summed E-state index contributed by atoms with van der Waals surface area (Å²) in [4.78, 5) is 12.6. The number of nitriles is 1. The highest BCUT2D eigenvalue weighted by atomic mass is 16.1. The molecule has 2 heteroatoms. The van der Waals surface area contributed by atoms with Crippen molar-refractivity contribution in [2.45, 2.75) is 18.8 Å². The molecule has 1 atom stereocenters. The van der Waals surface area contributed by atoms with Crippen molar-refractivity contribution in [2.24, 2.45) is 0 Å². The maximum Gasteiger partial charge on any atom is 0.173 e. The molecular weight excluding hydrogens is 234 g/mol. The van der Waals surface area contributed by atoms with Crippen molar-refractivity contribution < 1.29 is 4.79 Å². The molecule has 1 aliphatic rings. The molecule has 0 bridgehead atoms. The highest BCUT2D eigenvalue weighted by Gasteiger charge is 2.42. The zero-order valence-electron chi connectivity index (χ0n) is 10.7. The van der Waals surface area contributed by atoms with Crippen LogP contribution in [0.3, 0.4) is 0 Å². The average molecular weight is 247 g/mol. The summed E-state index contributed by atoms with van der Waals surface area (Å²) in [7, 11) is 0. The molecule has 0 aliphatic heterocycles. The molecule has 2 aromatic carbocycles. The monoisotopic (exact) mass is 247 g/mol. The van der Waals surface area contributed by atoms with E-state index in [1.54, 1.807) is 12.1 Å². The van der Waals surface area contributed by atoms with E-state index in [0.29, 0.717) is 5.56 Å². The largest absolute Gasteiger partial charge is 0.293 e. The van der Waals surface area contributed by atoms with E-state index >= 15 is 0 Å². The van der Waals surface area contributed by atoms with Crippen LogP contribution in [0.4, 0.5) is 0 Å². The first kappa shape index (κ1) is 11.7. The lowest BCUT2D eigenvalue weighted by atomic mass is 9.79. The summed E-state index contributed by atoms with van der Waals surface area (Å²) in [5, 5.41) is 8.84. The lowest BCUT2D eigenvalue weighted by Gasteiger charge is -2.22. The van der Waals surface area contributed by atoms with Crippen LogP contribution in [0, 0.1) is 11.3 Å². The predicted molar refractivity (Wildman–Crippen MR) is 73.0 cm³/mol. The van der Waals surface area contributed by atoms with Crippen molar-refractivity contribution >= 4 is 5.78 Å². The van der Waals surface area contributed by atoms with Gasteiger partial charge in [0.1, 0.15) is 0 Å². The first-order chi connectivity index (χ1) is 9.15. The molecule has 3 rings (SSSR count). The van der Waals surface area contributed by atoms with Crippen LogP contribution in [0.2, 0.25) is 0 Å². The standard InChI is InChI=1S/C17H13NO/c1-17(14-8-6-12(11-18)7-9-14)10-13-4-2-3-5-15(13)16(17)19/h2-9H,10H2,1H3/t17-/m1/s1. The molecule has 0 spiro atoms. The van der Waals surface area contributed by atoms with Crippen LogP contribution in [-0.4, -0.2) is 5.78 Å². The first-order valence-corrected chi connectivity index (χ1v) is 6.28. The Hall–Kier alpha value is -2.40. The van der Waals surface area contributed by atoms with Gasteiger partial charge < -0.3 is 0 Å². The van der Waals surface area contributed by atoms with Gasteiger partial charge in [0.05, 0.1) is 17.0 Å². The fraction of sp³-hybridized carbons (Fsp3) is 0.176. The second-order valence-electron chi connectivity index (χ2n) is 5.18. The summed E-state index contributed by atoms with van der Waals surface area (Å²) in [6.07, 6.45) is 0.730. The number of benzene rings is 2. The van der Waals surface area contributed by atoms with Gasteiger partial charge >= 0.3 is 0 Å². The molecule has 19 heavy (non-hydrogen) atoms. The number of hydrogen-bond donors (Lipinski definition) is 0. The second kappa shape index (κ2) is 4.07. The fourth-order valence-electron chi connectivity index (χ4n) is 2.80. The maximum absolute atomic E-state index is 12.6. The van der Waals surface area contributed by atoms with E-state index in [4.69, 9.17) is 5.26 Å². The van der Waals surface area contributed by atoms with Crippen LogP contribution in [0.5, 0.6) is 0 Å². The Morgan fingerprint density at radius 3 is 2.42 bits per heavy atom. The molecular formula is C17H13NO. The SMILES string of the molecule is C[C@]1(c2ccc(C#N)cc2)Cc2ccccc2C1=O. The quantitative estimate of drug-likeness (QED) is 0.776. The molecule has 1 aliphatic carbocycles.